The fourth-order valence-electron chi connectivity index (χ4n) is 5.07. The van der Waals surface area contributed by atoms with E-state index in [1.54, 1.807) is 7.11 Å². The summed E-state index contributed by atoms with van der Waals surface area (Å²) < 4.78 is 11.7. The monoisotopic (exact) mass is 500 g/mol. The van der Waals surface area contributed by atoms with Gasteiger partial charge in [-0.15, -0.1) is 0 Å². The number of rotatable bonds is 13. The van der Waals surface area contributed by atoms with Crippen LogP contribution < -0.4 is 14.8 Å². The normalized spacial score (nSPS) is 15.3. The molecule has 0 aromatic heterocycles. The summed E-state index contributed by atoms with van der Waals surface area (Å²) in [6.07, 6.45) is 4.55. The summed E-state index contributed by atoms with van der Waals surface area (Å²) in [4.78, 5) is 15.7. The molecule has 1 heterocycles. The van der Waals surface area contributed by atoms with Gasteiger partial charge in [0.1, 0.15) is 17.6 Å². The molecule has 1 N–H and O–H groups in total. The number of hydrogen-bond donors (Lipinski definition) is 1. The Morgan fingerprint density at radius 1 is 0.973 bits per heavy atom. The third kappa shape index (κ3) is 8.17. The van der Waals surface area contributed by atoms with Crippen LogP contribution in [0.3, 0.4) is 0 Å². The number of carbonyl (C=O) groups is 1. The molecule has 0 amide bonds. The Morgan fingerprint density at radius 2 is 1.73 bits per heavy atom. The quantitative estimate of drug-likeness (QED) is 0.279. The number of Topliss-reactive ketones (excluding diaryl/α,β-unsaturated/α-hetero) is 1. The Labute approximate surface area is 221 Å². The van der Waals surface area contributed by atoms with E-state index in [2.05, 4.69) is 46.6 Å². The highest BCUT2D eigenvalue weighted by Crippen LogP contribution is 2.29. The van der Waals surface area contributed by atoms with Crippen molar-refractivity contribution in [1.82, 2.24) is 10.2 Å². The average molecular weight is 501 g/mol. The molecule has 4 rings (SSSR count). The van der Waals surface area contributed by atoms with Crippen LogP contribution in [0.1, 0.15) is 59.7 Å². The van der Waals surface area contributed by atoms with Crippen molar-refractivity contribution in [2.24, 2.45) is 5.92 Å². The maximum absolute atomic E-state index is 13.1. The van der Waals surface area contributed by atoms with Gasteiger partial charge in [-0.1, -0.05) is 54.6 Å². The number of methoxy groups -OCH3 is 1. The standard InChI is InChI=1S/C32H40N2O3/c1-33-19-16-32(37-30-13-7-12-29(23-30)36-2)28-11-6-10-27(22-28)31(35)15-14-25-17-20-34(21-18-25)24-26-8-4-3-5-9-26/h3-13,22-23,25,32-33H,14-21,24H2,1-2H3. The summed E-state index contributed by atoms with van der Waals surface area (Å²) in [5.41, 5.74) is 3.18. The Bertz CT molecular complexity index is 1110. The Morgan fingerprint density at radius 3 is 2.49 bits per heavy atom. The van der Waals surface area contributed by atoms with Gasteiger partial charge < -0.3 is 14.8 Å². The Kier molecular flexibility index (Phi) is 10.2. The van der Waals surface area contributed by atoms with Crippen LogP contribution >= 0.6 is 0 Å². The van der Waals surface area contributed by atoms with E-state index in [1.807, 2.05) is 49.5 Å². The van der Waals surface area contributed by atoms with Crippen LogP contribution in [0.5, 0.6) is 11.5 Å². The molecule has 1 aliphatic rings. The largest absolute Gasteiger partial charge is 0.497 e. The summed E-state index contributed by atoms with van der Waals surface area (Å²) >= 11 is 0. The molecular weight excluding hydrogens is 460 g/mol. The number of nitrogens with one attached hydrogen (secondary N) is 1. The van der Waals surface area contributed by atoms with Crippen molar-refractivity contribution < 1.29 is 14.3 Å². The minimum Gasteiger partial charge on any atom is -0.497 e. The fourth-order valence-corrected chi connectivity index (χ4v) is 5.07. The zero-order valence-corrected chi connectivity index (χ0v) is 22.2. The van der Waals surface area contributed by atoms with E-state index in [1.165, 1.54) is 18.4 Å². The van der Waals surface area contributed by atoms with Gasteiger partial charge in [0, 0.05) is 31.0 Å². The lowest BCUT2D eigenvalue weighted by molar-refractivity contribution is 0.0961. The number of carbonyl (C=O) groups excluding carboxylic acids is 1. The first-order chi connectivity index (χ1) is 18.1. The van der Waals surface area contributed by atoms with Crippen molar-refractivity contribution in [1.29, 1.82) is 0 Å². The van der Waals surface area contributed by atoms with Crippen molar-refractivity contribution in [3.8, 4) is 11.5 Å². The SMILES string of the molecule is CNCCC(Oc1cccc(OC)c1)c1cccc(C(=O)CCC2CCN(Cc3ccccc3)CC2)c1. The van der Waals surface area contributed by atoms with E-state index in [9.17, 15) is 4.79 Å². The predicted molar refractivity (Wildman–Crippen MR) is 149 cm³/mol. The molecule has 37 heavy (non-hydrogen) atoms. The van der Waals surface area contributed by atoms with E-state index >= 15 is 0 Å². The van der Waals surface area contributed by atoms with Gasteiger partial charge in [0.25, 0.3) is 0 Å². The first-order valence-electron chi connectivity index (χ1n) is 13.5. The van der Waals surface area contributed by atoms with E-state index < -0.39 is 0 Å². The molecule has 1 unspecified atom stereocenters. The zero-order valence-electron chi connectivity index (χ0n) is 22.2. The number of piperidine rings is 1. The number of ketones is 1. The zero-order chi connectivity index (χ0) is 25.9. The molecule has 0 saturated carbocycles. The molecule has 1 fully saturated rings. The molecule has 5 nitrogen and oxygen atoms in total. The van der Waals surface area contributed by atoms with Crippen LogP contribution in [-0.4, -0.2) is 44.5 Å². The second-order valence-corrected chi connectivity index (χ2v) is 9.97. The molecule has 0 radical (unpaired) electrons. The van der Waals surface area contributed by atoms with E-state index in [0.717, 1.165) is 61.6 Å². The summed E-state index contributed by atoms with van der Waals surface area (Å²) in [5, 5.41) is 3.21. The number of ether oxygens (including phenoxy) is 2. The van der Waals surface area contributed by atoms with Gasteiger partial charge in [-0.05, 0) is 81.2 Å². The second-order valence-electron chi connectivity index (χ2n) is 9.97. The summed E-state index contributed by atoms with van der Waals surface area (Å²) in [5.74, 6) is 2.37. The maximum Gasteiger partial charge on any atom is 0.162 e. The second kappa shape index (κ2) is 14.0. The van der Waals surface area contributed by atoms with Crippen molar-refractivity contribution in [3.05, 3.63) is 95.6 Å². The number of nitrogens with zero attached hydrogens (tertiary/aromatic N) is 1. The van der Waals surface area contributed by atoms with Crippen LogP contribution in [-0.2, 0) is 6.54 Å². The van der Waals surface area contributed by atoms with Gasteiger partial charge in [0.2, 0.25) is 0 Å². The summed E-state index contributed by atoms with van der Waals surface area (Å²) in [6, 6.07) is 26.3. The number of benzene rings is 3. The molecule has 196 valence electrons. The van der Waals surface area contributed by atoms with Gasteiger partial charge >= 0.3 is 0 Å². The van der Waals surface area contributed by atoms with Gasteiger partial charge in [-0.2, -0.15) is 0 Å². The van der Waals surface area contributed by atoms with Crippen LogP contribution in [0, 0.1) is 5.92 Å². The lowest BCUT2D eigenvalue weighted by atomic mass is 9.90. The minimum absolute atomic E-state index is 0.152. The van der Waals surface area contributed by atoms with Crippen LogP contribution in [0.4, 0.5) is 0 Å². The fraction of sp³-hybridized carbons (Fsp3) is 0.406. The molecular formula is C32H40N2O3. The van der Waals surface area contributed by atoms with Crippen molar-refractivity contribution in [3.63, 3.8) is 0 Å². The average Bonchev–Trinajstić information content (AvgIpc) is 2.95. The third-order valence-corrected chi connectivity index (χ3v) is 7.29. The summed E-state index contributed by atoms with van der Waals surface area (Å²) in [6.45, 7) is 4.05. The van der Waals surface area contributed by atoms with Gasteiger partial charge in [-0.3, -0.25) is 9.69 Å². The molecule has 1 atom stereocenters. The van der Waals surface area contributed by atoms with Gasteiger partial charge in [0.15, 0.2) is 5.78 Å². The Balaban J connectivity index is 1.31. The molecule has 3 aromatic rings. The van der Waals surface area contributed by atoms with Crippen LogP contribution in [0.15, 0.2) is 78.9 Å². The third-order valence-electron chi connectivity index (χ3n) is 7.29. The van der Waals surface area contributed by atoms with E-state index in [-0.39, 0.29) is 11.9 Å². The predicted octanol–water partition coefficient (Wildman–Crippen LogP) is 6.30. The van der Waals surface area contributed by atoms with Crippen molar-refractivity contribution in [2.75, 3.05) is 33.8 Å². The lowest BCUT2D eigenvalue weighted by Gasteiger charge is -2.32. The highest BCUT2D eigenvalue weighted by Gasteiger charge is 2.21. The Hall–Kier alpha value is -3.15. The van der Waals surface area contributed by atoms with Crippen molar-refractivity contribution >= 4 is 5.78 Å². The highest BCUT2D eigenvalue weighted by atomic mass is 16.5. The molecule has 3 aromatic carbocycles. The highest BCUT2D eigenvalue weighted by molar-refractivity contribution is 5.96. The number of likely N-dealkylation sites (tertiary alicyclic amines) is 1. The molecule has 1 saturated heterocycles. The minimum atomic E-state index is -0.152. The van der Waals surface area contributed by atoms with Crippen LogP contribution in [0.25, 0.3) is 0 Å². The van der Waals surface area contributed by atoms with E-state index in [4.69, 9.17) is 9.47 Å². The molecule has 0 bridgehead atoms. The molecule has 0 spiro atoms. The summed E-state index contributed by atoms with van der Waals surface area (Å²) in [7, 11) is 3.59. The lowest BCUT2D eigenvalue weighted by Crippen LogP contribution is -2.33. The molecule has 1 aliphatic heterocycles. The molecule has 5 heteroatoms. The molecule has 0 aliphatic carbocycles. The van der Waals surface area contributed by atoms with Crippen LogP contribution in [0.2, 0.25) is 0 Å². The van der Waals surface area contributed by atoms with Gasteiger partial charge in [0.05, 0.1) is 7.11 Å². The smallest absolute Gasteiger partial charge is 0.162 e. The number of hydrogen-bond acceptors (Lipinski definition) is 5. The first-order valence-corrected chi connectivity index (χ1v) is 13.5. The van der Waals surface area contributed by atoms with Gasteiger partial charge in [-0.25, -0.2) is 0 Å². The maximum atomic E-state index is 13.1. The topological polar surface area (TPSA) is 50.8 Å². The first kappa shape index (κ1) is 26.9. The van der Waals surface area contributed by atoms with E-state index in [0.29, 0.717) is 12.3 Å². The van der Waals surface area contributed by atoms with Crippen molar-refractivity contribution in [2.45, 2.75) is 44.8 Å².